The van der Waals surface area contributed by atoms with Gasteiger partial charge in [0.1, 0.15) is 0 Å². The summed E-state index contributed by atoms with van der Waals surface area (Å²) in [5, 5.41) is 8.03. The molecule has 1 aromatic heterocycles. The summed E-state index contributed by atoms with van der Waals surface area (Å²) < 4.78 is 7.58. The highest BCUT2D eigenvalue weighted by Gasteiger charge is 2.16. The summed E-state index contributed by atoms with van der Waals surface area (Å²) in [6.07, 6.45) is 4.35. The van der Waals surface area contributed by atoms with Gasteiger partial charge in [-0.2, -0.15) is 5.10 Å². The van der Waals surface area contributed by atoms with Crippen LogP contribution in [0, 0.1) is 18.8 Å². The van der Waals surface area contributed by atoms with Crippen LogP contribution in [0.3, 0.4) is 0 Å². The van der Waals surface area contributed by atoms with Gasteiger partial charge in [0.2, 0.25) is 0 Å². The molecule has 0 aliphatic carbocycles. The molecule has 4 heteroatoms. The third-order valence-corrected chi connectivity index (χ3v) is 3.84. The van der Waals surface area contributed by atoms with Gasteiger partial charge in [0.25, 0.3) is 0 Å². The van der Waals surface area contributed by atoms with Gasteiger partial charge in [-0.15, -0.1) is 0 Å². The summed E-state index contributed by atoms with van der Waals surface area (Å²) in [5.74, 6) is 1.42. The number of hydrogen-bond donors (Lipinski definition) is 1. The summed E-state index contributed by atoms with van der Waals surface area (Å²) >= 11 is 0. The molecule has 1 aliphatic rings. The van der Waals surface area contributed by atoms with Gasteiger partial charge in [0.05, 0.1) is 6.20 Å². The lowest BCUT2D eigenvalue weighted by Gasteiger charge is -2.22. The van der Waals surface area contributed by atoms with Crippen LogP contribution in [0.5, 0.6) is 0 Å². The smallest absolute Gasteiger partial charge is 0.0537 e. The zero-order valence-corrected chi connectivity index (χ0v) is 12.5. The molecular formula is C15H27N3O. The van der Waals surface area contributed by atoms with Crippen molar-refractivity contribution in [2.75, 3.05) is 19.8 Å². The molecule has 0 spiro atoms. The minimum atomic E-state index is 0.692. The molecule has 0 unspecified atom stereocenters. The number of rotatable bonds is 6. The first-order chi connectivity index (χ1) is 9.16. The van der Waals surface area contributed by atoms with Crippen LogP contribution in [0.4, 0.5) is 0 Å². The van der Waals surface area contributed by atoms with Crippen molar-refractivity contribution in [2.45, 2.75) is 46.7 Å². The van der Waals surface area contributed by atoms with E-state index in [0.29, 0.717) is 5.92 Å². The maximum absolute atomic E-state index is 5.41. The van der Waals surface area contributed by atoms with E-state index in [1.165, 1.54) is 24.1 Å². The molecule has 0 radical (unpaired) electrons. The van der Waals surface area contributed by atoms with Crippen molar-refractivity contribution in [2.24, 2.45) is 11.8 Å². The van der Waals surface area contributed by atoms with Crippen molar-refractivity contribution in [1.82, 2.24) is 15.1 Å². The molecule has 0 amide bonds. The number of nitrogens with zero attached hydrogens (tertiary/aromatic N) is 2. The Morgan fingerprint density at radius 1 is 1.42 bits per heavy atom. The zero-order chi connectivity index (χ0) is 13.7. The Labute approximate surface area is 116 Å². The Hall–Kier alpha value is -0.870. The summed E-state index contributed by atoms with van der Waals surface area (Å²) in [6.45, 7) is 11.5. The molecule has 1 N–H and O–H groups in total. The Balaban J connectivity index is 1.86. The fourth-order valence-electron chi connectivity index (χ4n) is 2.51. The van der Waals surface area contributed by atoms with E-state index in [0.717, 1.165) is 38.8 Å². The molecule has 2 heterocycles. The van der Waals surface area contributed by atoms with Crippen LogP contribution in [-0.2, 0) is 17.8 Å². The second kappa shape index (κ2) is 7.06. The van der Waals surface area contributed by atoms with E-state index >= 15 is 0 Å². The predicted molar refractivity (Wildman–Crippen MR) is 77.1 cm³/mol. The van der Waals surface area contributed by atoms with Crippen molar-refractivity contribution in [3.05, 3.63) is 17.5 Å². The van der Waals surface area contributed by atoms with Crippen LogP contribution in [-0.4, -0.2) is 29.5 Å². The monoisotopic (exact) mass is 265 g/mol. The van der Waals surface area contributed by atoms with Crippen molar-refractivity contribution < 1.29 is 4.74 Å². The maximum Gasteiger partial charge on any atom is 0.0537 e. The summed E-state index contributed by atoms with van der Waals surface area (Å²) in [5.41, 5.74) is 2.63. The average molecular weight is 265 g/mol. The first-order valence-electron chi connectivity index (χ1n) is 7.46. The maximum atomic E-state index is 5.41. The third kappa shape index (κ3) is 4.32. The molecule has 1 saturated heterocycles. The van der Waals surface area contributed by atoms with Gasteiger partial charge in [-0.25, -0.2) is 0 Å². The van der Waals surface area contributed by atoms with Gasteiger partial charge in [-0.3, -0.25) is 4.68 Å². The molecule has 1 aliphatic heterocycles. The van der Waals surface area contributed by atoms with Crippen molar-refractivity contribution in [3.63, 3.8) is 0 Å². The normalized spacial score (nSPS) is 17.3. The Morgan fingerprint density at radius 3 is 2.84 bits per heavy atom. The Bertz CT molecular complexity index is 381. The topological polar surface area (TPSA) is 39.1 Å². The van der Waals surface area contributed by atoms with Gasteiger partial charge < -0.3 is 10.1 Å². The first-order valence-corrected chi connectivity index (χ1v) is 7.46. The highest BCUT2D eigenvalue weighted by Crippen LogP contribution is 2.18. The fourth-order valence-corrected chi connectivity index (χ4v) is 2.51. The number of ether oxygens (including phenoxy) is 1. The van der Waals surface area contributed by atoms with Crippen LogP contribution in [0.25, 0.3) is 0 Å². The van der Waals surface area contributed by atoms with Gasteiger partial charge in [-0.05, 0) is 38.1 Å². The van der Waals surface area contributed by atoms with Crippen LogP contribution < -0.4 is 5.32 Å². The first kappa shape index (κ1) is 14.5. The molecule has 0 saturated carbocycles. The van der Waals surface area contributed by atoms with Crippen LogP contribution in [0.1, 0.15) is 37.9 Å². The molecule has 19 heavy (non-hydrogen) atoms. The largest absolute Gasteiger partial charge is 0.381 e. The summed E-state index contributed by atoms with van der Waals surface area (Å²) in [6, 6.07) is 0. The zero-order valence-electron chi connectivity index (χ0n) is 12.5. The minimum absolute atomic E-state index is 0.692. The summed E-state index contributed by atoms with van der Waals surface area (Å²) in [4.78, 5) is 0. The van der Waals surface area contributed by atoms with Crippen molar-refractivity contribution >= 4 is 0 Å². The van der Waals surface area contributed by atoms with Crippen LogP contribution in [0.2, 0.25) is 0 Å². The van der Waals surface area contributed by atoms with E-state index in [-0.39, 0.29) is 0 Å². The SMILES string of the molecule is Cc1c(CNCC(C)C)cnn1CC1CCOCC1. The van der Waals surface area contributed by atoms with Gasteiger partial charge in [0.15, 0.2) is 0 Å². The molecule has 2 rings (SSSR count). The van der Waals surface area contributed by atoms with Crippen molar-refractivity contribution in [1.29, 1.82) is 0 Å². The molecule has 108 valence electrons. The van der Waals surface area contributed by atoms with E-state index in [4.69, 9.17) is 4.74 Å². The molecule has 1 aromatic rings. The third-order valence-electron chi connectivity index (χ3n) is 3.84. The molecule has 1 fully saturated rings. The van der Waals surface area contributed by atoms with E-state index < -0.39 is 0 Å². The fraction of sp³-hybridized carbons (Fsp3) is 0.800. The number of nitrogens with one attached hydrogen (secondary N) is 1. The average Bonchev–Trinajstić information content (AvgIpc) is 2.72. The molecule has 0 atom stereocenters. The predicted octanol–water partition coefficient (Wildman–Crippen LogP) is 2.36. The van der Waals surface area contributed by atoms with Crippen LogP contribution >= 0.6 is 0 Å². The van der Waals surface area contributed by atoms with E-state index in [2.05, 4.69) is 35.9 Å². The summed E-state index contributed by atoms with van der Waals surface area (Å²) in [7, 11) is 0. The lowest BCUT2D eigenvalue weighted by atomic mass is 10.0. The standard InChI is InChI=1S/C15H27N3O/c1-12(2)8-16-9-15-10-17-18(13(15)3)11-14-4-6-19-7-5-14/h10,12,14,16H,4-9,11H2,1-3H3. The van der Waals surface area contributed by atoms with E-state index in [1.54, 1.807) is 0 Å². The van der Waals surface area contributed by atoms with Gasteiger partial charge in [0, 0.05) is 37.6 Å². The Kier molecular flexibility index (Phi) is 5.40. The second-order valence-corrected chi connectivity index (χ2v) is 6.02. The molecule has 4 nitrogen and oxygen atoms in total. The Morgan fingerprint density at radius 2 is 2.16 bits per heavy atom. The van der Waals surface area contributed by atoms with E-state index in [1.807, 2.05) is 6.20 Å². The van der Waals surface area contributed by atoms with Crippen molar-refractivity contribution in [3.8, 4) is 0 Å². The van der Waals surface area contributed by atoms with E-state index in [9.17, 15) is 0 Å². The quantitative estimate of drug-likeness (QED) is 0.858. The minimum Gasteiger partial charge on any atom is -0.381 e. The highest BCUT2D eigenvalue weighted by molar-refractivity contribution is 5.15. The lowest BCUT2D eigenvalue weighted by molar-refractivity contribution is 0.0599. The van der Waals surface area contributed by atoms with Gasteiger partial charge in [-0.1, -0.05) is 13.8 Å². The second-order valence-electron chi connectivity index (χ2n) is 6.02. The van der Waals surface area contributed by atoms with Crippen LogP contribution in [0.15, 0.2) is 6.20 Å². The number of aromatic nitrogens is 2. The molecular weight excluding hydrogens is 238 g/mol. The van der Waals surface area contributed by atoms with Gasteiger partial charge >= 0.3 is 0 Å². The number of hydrogen-bond acceptors (Lipinski definition) is 3. The lowest BCUT2D eigenvalue weighted by Crippen LogP contribution is -2.22. The molecule has 0 aromatic carbocycles. The molecule has 0 bridgehead atoms. The highest BCUT2D eigenvalue weighted by atomic mass is 16.5.